The normalized spacial score (nSPS) is 25.1. The van der Waals surface area contributed by atoms with Gasteiger partial charge in [-0.05, 0) is 57.0 Å². The van der Waals surface area contributed by atoms with Gasteiger partial charge in [0.15, 0.2) is 0 Å². The Morgan fingerprint density at radius 3 is 2.50 bits per heavy atom. The highest BCUT2D eigenvalue weighted by Gasteiger charge is 2.57. The molecule has 118 valence electrons. The van der Waals surface area contributed by atoms with Gasteiger partial charge in [-0.1, -0.05) is 26.7 Å². The third kappa shape index (κ3) is 4.63. The molecule has 1 aliphatic heterocycles. The summed E-state index contributed by atoms with van der Waals surface area (Å²) in [6, 6.07) is 0.339. The summed E-state index contributed by atoms with van der Waals surface area (Å²) in [5.74, 6) is 1.39. The van der Waals surface area contributed by atoms with E-state index in [9.17, 15) is 4.79 Å². The van der Waals surface area contributed by atoms with Gasteiger partial charge < -0.3 is 10.6 Å². The van der Waals surface area contributed by atoms with Crippen LogP contribution in [0.4, 0.5) is 0 Å². The number of halogens is 1. The van der Waals surface area contributed by atoms with Crippen LogP contribution in [0.3, 0.4) is 0 Å². The van der Waals surface area contributed by atoms with Crippen molar-refractivity contribution in [3.63, 3.8) is 0 Å². The van der Waals surface area contributed by atoms with Crippen molar-refractivity contribution in [1.29, 1.82) is 0 Å². The third-order valence-corrected chi connectivity index (χ3v) is 4.91. The number of hydrogen-bond acceptors (Lipinski definition) is 2. The van der Waals surface area contributed by atoms with E-state index in [0.717, 1.165) is 31.8 Å². The molecule has 1 spiro atoms. The number of carbonyl (C=O) groups excluding carboxylic acids is 1. The van der Waals surface area contributed by atoms with Gasteiger partial charge in [0.2, 0.25) is 5.91 Å². The molecule has 1 heterocycles. The van der Waals surface area contributed by atoms with Crippen molar-refractivity contribution >= 4 is 18.3 Å². The molecule has 2 N–H and O–H groups in total. The second-order valence-corrected chi connectivity index (χ2v) is 7.10. The largest absolute Gasteiger partial charge is 0.353 e. The topological polar surface area (TPSA) is 41.1 Å². The van der Waals surface area contributed by atoms with Gasteiger partial charge in [-0.2, -0.15) is 0 Å². The molecule has 0 radical (unpaired) electrons. The van der Waals surface area contributed by atoms with Gasteiger partial charge in [-0.15, -0.1) is 12.4 Å². The van der Waals surface area contributed by atoms with Crippen molar-refractivity contribution < 1.29 is 4.79 Å². The van der Waals surface area contributed by atoms with Crippen LogP contribution in [0.25, 0.3) is 0 Å². The van der Waals surface area contributed by atoms with Crippen LogP contribution in [0.1, 0.15) is 59.3 Å². The molecular formula is C16H31ClN2O. The van der Waals surface area contributed by atoms with Crippen LogP contribution in [-0.2, 0) is 4.79 Å². The van der Waals surface area contributed by atoms with Crippen LogP contribution >= 0.6 is 12.4 Å². The summed E-state index contributed by atoms with van der Waals surface area (Å²) >= 11 is 0. The van der Waals surface area contributed by atoms with E-state index in [-0.39, 0.29) is 12.4 Å². The van der Waals surface area contributed by atoms with Crippen LogP contribution in [-0.4, -0.2) is 25.0 Å². The molecule has 0 aromatic heterocycles. The van der Waals surface area contributed by atoms with E-state index in [0.29, 0.717) is 23.3 Å². The third-order valence-electron chi connectivity index (χ3n) is 4.91. The van der Waals surface area contributed by atoms with Crippen molar-refractivity contribution in [3.05, 3.63) is 0 Å². The van der Waals surface area contributed by atoms with Crippen molar-refractivity contribution in [2.24, 2.45) is 17.3 Å². The number of hydrogen-bond donors (Lipinski definition) is 2. The Morgan fingerprint density at radius 2 is 1.90 bits per heavy atom. The molecule has 2 unspecified atom stereocenters. The van der Waals surface area contributed by atoms with E-state index in [2.05, 4.69) is 31.4 Å². The summed E-state index contributed by atoms with van der Waals surface area (Å²) in [5, 5.41) is 6.62. The minimum atomic E-state index is 0. The van der Waals surface area contributed by atoms with Gasteiger partial charge in [-0.25, -0.2) is 0 Å². The maximum atomic E-state index is 12.3. The van der Waals surface area contributed by atoms with E-state index in [4.69, 9.17) is 0 Å². The first kappa shape index (κ1) is 17.8. The highest BCUT2D eigenvalue weighted by atomic mass is 35.5. The van der Waals surface area contributed by atoms with Crippen molar-refractivity contribution in [3.8, 4) is 0 Å². The Kier molecular flexibility index (Phi) is 6.80. The quantitative estimate of drug-likeness (QED) is 0.791. The fourth-order valence-electron chi connectivity index (χ4n) is 3.44. The monoisotopic (exact) mass is 302 g/mol. The summed E-state index contributed by atoms with van der Waals surface area (Å²) < 4.78 is 0. The van der Waals surface area contributed by atoms with Crippen LogP contribution in [0, 0.1) is 17.3 Å². The maximum Gasteiger partial charge on any atom is 0.223 e. The molecule has 0 aromatic rings. The minimum Gasteiger partial charge on any atom is -0.353 e. The summed E-state index contributed by atoms with van der Waals surface area (Å²) in [4.78, 5) is 12.3. The van der Waals surface area contributed by atoms with E-state index >= 15 is 0 Å². The second-order valence-electron chi connectivity index (χ2n) is 7.10. The Morgan fingerprint density at radius 1 is 1.25 bits per heavy atom. The highest BCUT2D eigenvalue weighted by molar-refractivity contribution is 5.85. The Hall–Kier alpha value is -0.280. The average Bonchev–Trinajstić information content (AvgIpc) is 3.03. The molecule has 1 saturated carbocycles. The van der Waals surface area contributed by atoms with Gasteiger partial charge in [-0.3, -0.25) is 4.79 Å². The molecule has 3 nitrogen and oxygen atoms in total. The minimum absolute atomic E-state index is 0. The van der Waals surface area contributed by atoms with Crippen LogP contribution < -0.4 is 10.6 Å². The molecule has 1 saturated heterocycles. The smallest absolute Gasteiger partial charge is 0.223 e. The first-order valence-electron chi connectivity index (χ1n) is 8.04. The molecule has 2 aliphatic rings. The van der Waals surface area contributed by atoms with E-state index in [1.54, 1.807) is 0 Å². The lowest BCUT2D eigenvalue weighted by Gasteiger charge is -2.23. The SMILES string of the molecule is CC(C)CCCC(C)NC(=O)C1CC12CCNCC2.Cl. The highest BCUT2D eigenvalue weighted by Crippen LogP contribution is 2.58. The Bertz CT molecular complexity index is 314. The zero-order valence-corrected chi connectivity index (χ0v) is 14.0. The molecule has 2 atom stereocenters. The zero-order valence-electron chi connectivity index (χ0n) is 13.2. The summed E-state index contributed by atoms with van der Waals surface area (Å²) in [6.45, 7) is 8.85. The lowest BCUT2D eigenvalue weighted by atomic mass is 9.91. The fraction of sp³-hybridized carbons (Fsp3) is 0.938. The summed E-state index contributed by atoms with van der Waals surface area (Å²) in [6.07, 6.45) is 7.10. The average molecular weight is 303 g/mol. The standard InChI is InChI=1S/C16H30N2O.ClH/c1-12(2)5-4-6-13(3)18-15(19)14-11-16(14)7-9-17-10-8-16;/h12-14,17H,4-11H2,1-3H3,(H,18,19);1H. The van der Waals surface area contributed by atoms with Crippen molar-refractivity contribution in [2.45, 2.75) is 65.3 Å². The van der Waals surface area contributed by atoms with Crippen LogP contribution in [0.15, 0.2) is 0 Å². The van der Waals surface area contributed by atoms with Gasteiger partial charge in [0.25, 0.3) is 0 Å². The van der Waals surface area contributed by atoms with Crippen LogP contribution in [0.2, 0.25) is 0 Å². The van der Waals surface area contributed by atoms with Gasteiger partial charge in [0.05, 0.1) is 0 Å². The number of amides is 1. The first-order chi connectivity index (χ1) is 9.03. The van der Waals surface area contributed by atoms with E-state index < -0.39 is 0 Å². The molecule has 0 bridgehead atoms. The lowest BCUT2D eigenvalue weighted by Crippen LogP contribution is -2.37. The molecule has 2 rings (SSSR count). The zero-order chi connectivity index (χ0) is 13.9. The Balaban J connectivity index is 0.00000200. The molecule has 1 aliphatic carbocycles. The predicted molar refractivity (Wildman–Crippen MR) is 86.2 cm³/mol. The number of nitrogens with one attached hydrogen (secondary N) is 2. The number of carbonyl (C=O) groups is 1. The fourth-order valence-corrected chi connectivity index (χ4v) is 3.44. The molecule has 0 aromatic carbocycles. The molecule has 4 heteroatoms. The van der Waals surface area contributed by atoms with Crippen molar-refractivity contribution in [1.82, 2.24) is 10.6 Å². The first-order valence-corrected chi connectivity index (χ1v) is 8.04. The van der Waals surface area contributed by atoms with Crippen LogP contribution in [0.5, 0.6) is 0 Å². The van der Waals surface area contributed by atoms with E-state index in [1.807, 2.05) is 0 Å². The molecular weight excluding hydrogens is 272 g/mol. The van der Waals surface area contributed by atoms with Gasteiger partial charge >= 0.3 is 0 Å². The van der Waals surface area contributed by atoms with Gasteiger partial charge in [0.1, 0.15) is 0 Å². The molecule has 1 amide bonds. The number of piperidine rings is 1. The molecule has 2 fully saturated rings. The summed E-state index contributed by atoms with van der Waals surface area (Å²) in [5.41, 5.74) is 0.368. The lowest BCUT2D eigenvalue weighted by molar-refractivity contribution is -0.123. The van der Waals surface area contributed by atoms with E-state index in [1.165, 1.54) is 25.7 Å². The van der Waals surface area contributed by atoms with Gasteiger partial charge in [0, 0.05) is 12.0 Å². The summed E-state index contributed by atoms with van der Waals surface area (Å²) in [7, 11) is 0. The molecule has 20 heavy (non-hydrogen) atoms. The number of rotatable bonds is 6. The van der Waals surface area contributed by atoms with Crippen molar-refractivity contribution in [2.75, 3.05) is 13.1 Å². The predicted octanol–water partition coefficient (Wildman–Crippen LogP) is 3.13. The maximum absolute atomic E-state index is 12.3. The second kappa shape index (κ2) is 7.65. The Labute approximate surface area is 130 Å².